The van der Waals surface area contributed by atoms with E-state index in [2.05, 4.69) is 6.58 Å². The molecule has 0 fully saturated rings. The molecule has 0 spiro atoms. The monoisotopic (exact) mass is 318 g/mol. The molecule has 0 unspecified atom stereocenters. The highest BCUT2D eigenvalue weighted by molar-refractivity contribution is 5.78. The molecule has 1 rings (SSSR count). The van der Waals surface area contributed by atoms with Crippen molar-refractivity contribution in [2.75, 3.05) is 26.2 Å². The first-order chi connectivity index (χ1) is 10.2. The summed E-state index contributed by atoms with van der Waals surface area (Å²) in [4.78, 5) is 14.7. The lowest BCUT2D eigenvalue weighted by Gasteiger charge is -2.27. The molecule has 0 radical (unpaired) electrons. The predicted octanol–water partition coefficient (Wildman–Crippen LogP) is 3.07. The van der Waals surface area contributed by atoms with Crippen LogP contribution in [0, 0.1) is 0 Å². The summed E-state index contributed by atoms with van der Waals surface area (Å²) in [6.07, 6.45) is -3.08. The second-order valence-electron chi connectivity index (χ2n) is 5.20. The van der Waals surface area contributed by atoms with E-state index in [0.717, 1.165) is 10.5 Å². The van der Waals surface area contributed by atoms with Crippen molar-refractivity contribution in [2.24, 2.45) is 0 Å². The minimum absolute atomic E-state index is 0.0832. The Hall–Kier alpha value is -1.76. The molecule has 0 aliphatic rings. The smallest absolute Gasteiger partial charge is 0.406 e. The lowest BCUT2D eigenvalue weighted by atomic mass is 10.3. The van der Waals surface area contributed by atoms with Crippen LogP contribution in [0.4, 0.5) is 13.2 Å². The van der Waals surface area contributed by atoms with Gasteiger partial charge in [-0.3, -0.25) is 9.69 Å². The van der Waals surface area contributed by atoms with Crippen molar-refractivity contribution < 1.29 is 22.4 Å². The summed E-state index contributed by atoms with van der Waals surface area (Å²) in [5.74, 6) is -0.266. The van der Waals surface area contributed by atoms with Gasteiger partial charge in [0.1, 0.15) is 12.3 Å². The zero-order valence-corrected chi connectivity index (χ0v) is 12.8. The van der Waals surface area contributed by atoms with Crippen LogP contribution in [0.3, 0.4) is 0 Å². The molecular formula is C15H21F3N2O2. The van der Waals surface area contributed by atoms with Gasteiger partial charge in [-0.25, -0.2) is 0 Å². The van der Waals surface area contributed by atoms with Crippen molar-refractivity contribution in [1.29, 1.82) is 0 Å². The zero-order valence-electron chi connectivity index (χ0n) is 12.8. The molecule has 7 heteroatoms. The van der Waals surface area contributed by atoms with E-state index in [1.807, 2.05) is 13.8 Å². The van der Waals surface area contributed by atoms with E-state index >= 15 is 0 Å². The van der Waals surface area contributed by atoms with Crippen molar-refractivity contribution >= 4 is 5.91 Å². The fraction of sp³-hybridized carbons (Fsp3) is 0.533. The molecule has 0 aliphatic carbocycles. The summed E-state index contributed by atoms with van der Waals surface area (Å²) >= 11 is 0. The van der Waals surface area contributed by atoms with Gasteiger partial charge >= 0.3 is 6.18 Å². The van der Waals surface area contributed by atoms with E-state index in [1.165, 1.54) is 6.26 Å². The lowest BCUT2D eigenvalue weighted by Crippen LogP contribution is -2.44. The van der Waals surface area contributed by atoms with E-state index in [1.54, 1.807) is 17.0 Å². The average molecular weight is 318 g/mol. The molecule has 124 valence electrons. The third-order valence-corrected chi connectivity index (χ3v) is 2.95. The van der Waals surface area contributed by atoms with E-state index in [-0.39, 0.29) is 13.1 Å². The van der Waals surface area contributed by atoms with Gasteiger partial charge in [0, 0.05) is 6.54 Å². The predicted molar refractivity (Wildman–Crippen MR) is 77.1 cm³/mol. The number of carbonyl (C=O) groups is 1. The molecule has 0 saturated carbocycles. The van der Waals surface area contributed by atoms with Gasteiger partial charge in [-0.2, -0.15) is 13.2 Å². The third-order valence-electron chi connectivity index (χ3n) is 2.95. The lowest BCUT2D eigenvalue weighted by molar-refractivity contribution is -0.163. The Bertz CT molecular complexity index is 483. The summed E-state index contributed by atoms with van der Waals surface area (Å²) in [5.41, 5.74) is 0.850. The van der Waals surface area contributed by atoms with Crippen LogP contribution < -0.4 is 0 Å². The van der Waals surface area contributed by atoms with Crippen molar-refractivity contribution in [1.82, 2.24) is 9.80 Å². The number of amides is 1. The summed E-state index contributed by atoms with van der Waals surface area (Å²) < 4.78 is 43.1. The normalized spacial score (nSPS) is 11.7. The first-order valence-electron chi connectivity index (χ1n) is 6.95. The summed E-state index contributed by atoms with van der Waals surface area (Å²) in [6.45, 7) is 6.86. The topological polar surface area (TPSA) is 36.7 Å². The van der Waals surface area contributed by atoms with Crippen LogP contribution in [-0.4, -0.2) is 48.1 Å². The molecule has 22 heavy (non-hydrogen) atoms. The molecule has 1 aromatic heterocycles. The van der Waals surface area contributed by atoms with Crippen molar-refractivity contribution in [3.8, 4) is 0 Å². The Balaban J connectivity index is 2.75. The Kier molecular flexibility index (Phi) is 6.67. The number of likely N-dealkylation sites (N-methyl/N-ethyl adjacent to an activating group) is 1. The number of hydrogen-bond acceptors (Lipinski definition) is 3. The van der Waals surface area contributed by atoms with Crippen LogP contribution in [0.15, 0.2) is 35.0 Å². The zero-order chi connectivity index (χ0) is 16.8. The van der Waals surface area contributed by atoms with E-state index in [4.69, 9.17) is 4.42 Å². The van der Waals surface area contributed by atoms with E-state index in [9.17, 15) is 18.0 Å². The highest BCUT2D eigenvalue weighted by Crippen LogP contribution is 2.18. The Labute approximate surface area is 128 Å². The SMILES string of the molecule is C=C(C)CN(CC)CC(=O)N(Cc1ccco1)CC(F)(F)F. The standard InChI is InChI=1S/C15H21F3N2O2/c1-4-19(8-12(2)3)10-14(21)20(11-15(16,17)18)9-13-6-5-7-22-13/h5-7H,2,4,8-11H2,1,3H3. The number of alkyl halides is 3. The molecule has 0 bridgehead atoms. The highest BCUT2D eigenvalue weighted by Gasteiger charge is 2.33. The molecule has 0 atom stereocenters. The van der Waals surface area contributed by atoms with Gasteiger partial charge in [0.05, 0.1) is 19.4 Å². The van der Waals surface area contributed by atoms with Crippen LogP contribution in [0.2, 0.25) is 0 Å². The number of halogens is 3. The second-order valence-corrected chi connectivity index (χ2v) is 5.20. The summed E-state index contributed by atoms with van der Waals surface area (Å²) in [5, 5.41) is 0. The van der Waals surface area contributed by atoms with E-state index < -0.39 is 18.6 Å². The number of nitrogens with zero attached hydrogens (tertiary/aromatic N) is 2. The van der Waals surface area contributed by atoms with Crippen molar-refractivity contribution in [3.63, 3.8) is 0 Å². The van der Waals surface area contributed by atoms with Gasteiger partial charge in [-0.1, -0.05) is 19.1 Å². The number of rotatable bonds is 8. The maximum Gasteiger partial charge on any atom is 0.406 e. The van der Waals surface area contributed by atoms with Crippen LogP contribution in [0.5, 0.6) is 0 Å². The summed E-state index contributed by atoms with van der Waals surface area (Å²) in [7, 11) is 0. The van der Waals surface area contributed by atoms with Gasteiger partial charge in [0.25, 0.3) is 0 Å². The van der Waals surface area contributed by atoms with E-state index in [0.29, 0.717) is 18.8 Å². The molecule has 0 aromatic carbocycles. The van der Waals surface area contributed by atoms with Crippen LogP contribution >= 0.6 is 0 Å². The molecule has 1 heterocycles. The van der Waals surface area contributed by atoms with Crippen molar-refractivity contribution in [3.05, 3.63) is 36.3 Å². The Morgan fingerprint density at radius 1 is 1.36 bits per heavy atom. The first kappa shape index (κ1) is 18.3. The van der Waals surface area contributed by atoms with Gasteiger partial charge in [-0.15, -0.1) is 0 Å². The largest absolute Gasteiger partial charge is 0.467 e. The van der Waals surface area contributed by atoms with Crippen LogP contribution in [-0.2, 0) is 11.3 Å². The maximum atomic E-state index is 12.7. The fourth-order valence-electron chi connectivity index (χ4n) is 1.99. The summed E-state index contributed by atoms with van der Waals surface area (Å²) in [6, 6.07) is 3.12. The van der Waals surface area contributed by atoms with Gasteiger partial charge in [-0.05, 0) is 25.6 Å². The first-order valence-corrected chi connectivity index (χ1v) is 6.95. The highest BCUT2D eigenvalue weighted by atomic mass is 19.4. The Morgan fingerprint density at radius 3 is 2.50 bits per heavy atom. The van der Waals surface area contributed by atoms with Gasteiger partial charge in [0.2, 0.25) is 5.91 Å². The van der Waals surface area contributed by atoms with Gasteiger partial charge in [0.15, 0.2) is 0 Å². The quantitative estimate of drug-likeness (QED) is 0.691. The number of furan rings is 1. The minimum atomic E-state index is -4.45. The Morgan fingerprint density at radius 2 is 2.05 bits per heavy atom. The fourth-order valence-corrected chi connectivity index (χ4v) is 1.99. The molecule has 1 amide bonds. The van der Waals surface area contributed by atoms with Crippen LogP contribution in [0.25, 0.3) is 0 Å². The second kappa shape index (κ2) is 8.03. The van der Waals surface area contributed by atoms with Crippen LogP contribution in [0.1, 0.15) is 19.6 Å². The molecule has 1 aromatic rings. The molecule has 0 N–H and O–H groups in total. The molecule has 0 saturated heterocycles. The third kappa shape index (κ3) is 6.80. The molecule has 0 aliphatic heterocycles. The number of carbonyl (C=O) groups excluding carboxylic acids is 1. The molecule has 4 nitrogen and oxygen atoms in total. The number of hydrogen-bond donors (Lipinski definition) is 0. The maximum absolute atomic E-state index is 12.7. The minimum Gasteiger partial charge on any atom is -0.467 e. The van der Waals surface area contributed by atoms with Gasteiger partial charge < -0.3 is 9.32 Å². The van der Waals surface area contributed by atoms with Crippen molar-refractivity contribution in [2.45, 2.75) is 26.6 Å². The molecular weight excluding hydrogens is 297 g/mol. The average Bonchev–Trinajstić information content (AvgIpc) is 2.87.